The molecule has 0 saturated heterocycles. The van der Waals surface area contributed by atoms with Crippen molar-refractivity contribution >= 4 is 34.1 Å². The fraction of sp³-hybridized carbons (Fsp3) is 0.100. The fourth-order valence-electron chi connectivity index (χ4n) is 1.43. The van der Waals surface area contributed by atoms with E-state index in [4.69, 9.17) is 10.3 Å². The van der Waals surface area contributed by atoms with Crippen LogP contribution in [0.1, 0.15) is 5.56 Å². The summed E-state index contributed by atoms with van der Waals surface area (Å²) in [5.41, 5.74) is 7.09. The molecular weight excluding hydrogens is 337 g/mol. The predicted octanol–water partition coefficient (Wildman–Crippen LogP) is 2.75. The van der Waals surface area contributed by atoms with E-state index in [1.54, 1.807) is 6.07 Å². The normalized spacial score (nSPS) is 10.5. The van der Waals surface area contributed by atoms with Crippen LogP contribution in [0.15, 0.2) is 22.7 Å². The Balaban J connectivity index is 2.62. The third kappa shape index (κ3) is 2.09. The molecule has 0 aliphatic heterocycles. The highest BCUT2D eigenvalue weighted by molar-refractivity contribution is 14.1. The number of rotatable bonds is 2. The van der Waals surface area contributed by atoms with Crippen molar-refractivity contribution in [3.8, 4) is 11.3 Å². The molecule has 6 nitrogen and oxygen atoms in total. The molecule has 1 aromatic heterocycles. The van der Waals surface area contributed by atoms with Gasteiger partial charge in [-0.1, -0.05) is 11.2 Å². The topological polar surface area (TPSA) is 95.2 Å². The van der Waals surface area contributed by atoms with Gasteiger partial charge in [0.15, 0.2) is 11.6 Å². The van der Waals surface area contributed by atoms with Crippen molar-refractivity contribution in [1.29, 1.82) is 0 Å². The zero-order chi connectivity index (χ0) is 12.6. The van der Waals surface area contributed by atoms with Crippen LogP contribution in [0.2, 0.25) is 0 Å². The van der Waals surface area contributed by atoms with Crippen LogP contribution in [0.5, 0.6) is 0 Å². The Morgan fingerprint density at radius 1 is 1.53 bits per heavy atom. The quantitative estimate of drug-likeness (QED) is 0.513. The van der Waals surface area contributed by atoms with Crippen molar-refractivity contribution in [3.63, 3.8) is 0 Å². The molecule has 2 N–H and O–H groups in total. The first-order valence-corrected chi connectivity index (χ1v) is 5.74. The molecule has 0 aliphatic rings. The summed E-state index contributed by atoms with van der Waals surface area (Å²) in [6, 6.07) is 4.57. The summed E-state index contributed by atoms with van der Waals surface area (Å²) in [7, 11) is 0. The first-order chi connectivity index (χ1) is 8.00. The molecule has 0 radical (unpaired) electrons. The van der Waals surface area contributed by atoms with Crippen LogP contribution in [0.4, 0.5) is 11.5 Å². The molecule has 0 unspecified atom stereocenters. The van der Waals surface area contributed by atoms with Crippen molar-refractivity contribution in [3.05, 3.63) is 37.4 Å². The van der Waals surface area contributed by atoms with Crippen LogP contribution >= 0.6 is 22.6 Å². The number of nitrogen functional groups attached to an aromatic ring is 1. The molecule has 0 saturated carbocycles. The van der Waals surface area contributed by atoms with Crippen LogP contribution in [-0.4, -0.2) is 10.1 Å². The summed E-state index contributed by atoms with van der Waals surface area (Å²) in [5.74, 6) is 0.746. The van der Waals surface area contributed by atoms with E-state index in [1.165, 1.54) is 12.1 Å². The Labute approximate surface area is 110 Å². The predicted molar refractivity (Wildman–Crippen MR) is 70.5 cm³/mol. The van der Waals surface area contributed by atoms with Crippen LogP contribution in [-0.2, 0) is 0 Å². The van der Waals surface area contributed by atoms with Gasteiger partial charge in [0.25, 0.3) is 5.69 Å². The maximum atomic E-state index is 10.7. The van der Waals surface area contributed by atoms with E-state index in [1.807, 2.05) is 29.5 Å². The maximum absolute atomic E-state index is 10.7. The summed E-state index contributed by atoms with van der Waals surface area (Å²) >= 11 is 2.00. The molecule has 17 heavy (non-hydrogen) atoms. The minimum Gasteiger partial charge on any atom is -0.380 e. The lowest BCUT2D eigenvalue weighted by Gasteiger charge is -2.02. The van der Waals surface area contributed by atoms with Gasteiger partial charge in [-0.15, -0.1) is 0 Å². The van der Waals surface area contributed by atoms with Crippen molar-refractivity contribution in [1.82, 2.24) is 5.16 Å². The molecule has 0 aliphatic carbocycles. The second-order valence-corrected chi connectivity index (χ2v) is 4.55. The monoisotopic (exact) mass is 345 g/mol. The van der Waals surface area contributed by atoms with Crippen LogP contribution in [0.3, 0.4) is 0 Å². The van der Waals surface area contributed by atoms with Crippen molar-refractivity contribution in [2.45, 2.75) is 6.92 Å². The lowest BCUT2D eigenvalue weighted by molar-refractivity contribution is -0.384. The average Bonchev–Trinajstić information content (AvgIpc) is 2.60. The maximum Gasteiger partial charge on any atom is 0.270 e. The largest absolute Gasteiger partial charge is 0.380 e. The molecule has 0 bridgehead atoms. The first kappa shape index (κ1) is 11.8. The van der Waals surface area contributed by atoms with Gasteiger partial charge in [0.2, 0.25) is 0 Å². The zero-order valence-electron chi connectivity index (χ0n) is 8.81. The number of nitro benzene ring substituents is 1. The highest BCUT2D eigenvalue weighted by Gasteiger charge is 2.18. The number of nitrogens with two attached hydrogens (primary N) is 1. The Hall–Kier alpha value is -1.64. The highest BCUT2D eigenvalue weighted by Crippen LogP contribution is 2.33. The van der Waals surface area contributed by atoms with E-state index in [-0.39, 0.29) is 11.5 Å². The SMILES string of the molecule is Cc1ccc([N+](=O)[O-])cc1-c1onc(N)c1I. The van der Waals surface area contributed by atoms with E-state index in [2.05, 4.69) is 5.16 Å². The highest BCUT2D eigenvalue weighted by atomic mass is 127. The number of hydrogen-bond donors (Lipinski definition) is 1. The van der Waals surface area contributed by atoms with Crippen LogP contribution < -0.4 is 5.73 Å². The summed E-state index contributed by atoms with van der Waals surface area (Å²) in [5, 5.41) is 14.4. The summed E-state index contributed by atoms with van der Waals surface area (Å²) < 4.78 is 5.75. The molecule has 1 heterocycles. The molecule has 1 aromatic carbocycles. The van der Waals surface area contributed by atoms with Crippen molar-refractivity contribution in [2.75, 3.05) is 5.73 Å². The molecule has 7 heteroatoms. The zero-order valence-corrected chi connectivity index (χ0v) is 11.0. The van der Waals surface area contributed by atoms with Gasteiger partial charge in [-0.05, 0) is 35.1 Å². The number of anilines is 1. The van der Waals surface area contributed by atoms with Gasteiger partial charge in [0.1, 0.15) is 3.57 Å². The van der Waals surface area contributed by atoms with E-state index in [0.717, 1.165) is 5.56 Å². The fourth-order valence-corrected chi connectivity index (χ4v) is 1.91. The summed E-state index contributed by atoms with van der Waals surface area (Å²) in [6.45, 7) is 1.84. The number of hydrogen-bond acceptors (Lipinski definition) is 5. The standard InChI is InChI=1S/C10H8IN3O3/c1-5-2-3-6(14(15)16)4-7(5)9-8(11)10(12)13-17-9/h2-4H,1H3,(H2,12,13). The lowest BCUT2D eigenvalue weighted by atomic mass is 10.1. The van der Waals surface area contributed by atoms with Gasteiger partial charge in [-0.2, -0.15) is 0 Å². The third-order valence-electron chi connectivity index (χ3n) is 2.34. The van der Waals surface area contributed by atoms with Crippen molar-refractivity contribution in [2.24, 2.45) is 0 Å². The Kier molecular flexibility index (Phi) is 3.01. The minimum atomic E-state index is -0.449. The van der Waals surface area contributed by atoms with Gasteiger partial charge >= 0.3 is 0 Å². The number of halogens is 1. The number of non-ortho nitro benzene ring substituents is 1. The Morgan fingerprint density at radius 3 is 2.76 bits per heavy atom. The van der Waals surface area contributed by atoms with Crippen LogP contribution in [0.25, 0.3) is 11.3 Å². The number of aryl methyl sites for hydroxylation is 1. The summed E-state index contributed by atoms with van der Waals surface area (Å²) in [4.78, 5) is 10.3. The van der Waals surface area contributed by atoms with E-state index < -0.39 is 4.92 Å². The van der Waals surface area contributed by atoms with E-state index in [9.17, 15) is 10.1 Å². The second kappa shape index (κ2) is 4.32. The third-order valence-corrected chi connectivity index (χ3v) is 3.38. The number of benzene rings is 1. The van der Waals surface area contributed by atoms with Gasteiger partial charge in [-0.25, -0.2) is 0 Å². The van der Waals surface area contributed by atoms with Gasteiger partial charge < -0.3 is 10.3 Å². The molecule has 2 rings (SSSR count). The summed E-state index contributed by atoms with van der Waals surface area (Å²) in [6.07, 6.45) is 0. The Morgan fingerprint density at radius 2 is 2.24 bits per heavy atom. The van der Waals surface area contributed by atoms with Gasteiger partial charge in [-0.3, -0.25) is 10.1 Å². The second-order valence-electron chi connectivity index (χ2n) is 3.47. The number of nitrogens with zero attached hydrogens (tertiary/aromatic N) is 2. The molecule has 0 spiro atoms. The lowest BCUT2D eigenvalue weighted by Crippen LogP contribution is -1.91. The van der Waals surface area contributed by atoms with E-state index >= 15 is 0 Å². The van der Waals surface area contributed by atoms with E-state index in [0.29, 0.717) is 14.9 Å². The molecule has 0 atom stereocenters. The Bertz CT molecular complexity index is 594. The molecule has 88 valence electrons. The molecule has 2 aromatic rings. The van der Waals surface area contributed by atoms with Gasteiger partial charge in [0, 0.05) is 17.7 Å². The molecular formula is C10H8IN3O3. The smallest absolute Gasteiger partial charge is 0.270 e. The first-order valence-electron chi connectivity index (χ1n) is 4.66. The number of nitro groups is 1. The van der Waals surface area contributed by atoms with Crippen molar-refractivity contribution < 1.29 is 9.45 Å². The van der Waals surface area contributed by atoms with Crippen LogP contribution in [0, 0.1) is 20.6 Å². The minimum absolute atomic E-state index is 0.0105. The number of aromatic nitrogens is 1. The molecule has 0 fully saturated rings. The average molecular weight is 345 g/mol. The van der Waals surface area contributed by atoms with Gasteiger partial charge in [0.05, 0.1) is 4.92 Å². The molecule has 0 amide bonds.